The molecule has 3 heterocycles. The van der Waals surface area contributed by atoms with E-state index in [0.717, 1.165) is 42.3 Å². The van der Waals surface area contributed by atoms with Gasteiger partial charge in [0.15, 0.2) is 0 Å². The number of nitrogens with one attached hydrogen (secondary N) is 1. The molecule has 2 aromatic carbocycles. The van der Waals surface area contributed by atoms with Crippen LogP contribution in [-0.4, -0.2) is 46.0 Å². The van der Waals surface area contributed by atoms with Crippen molar-refractivity contribution in [2.75, 3.05) is 31.1 Å². The Balaban J connectivity index is 1.27. The number of nitro benzene ring substituents is 1. The molecule has 2 aromatic heterocycles. The minimum Gasteiger partial charge on any atom is -0.369 e. The van der Waals surface area contributed by atoms with Crippen LogP contribution in [0.25, 0.3) is 20.7 Å². The molecule has 0 unspecified atom stereocenters. The average molecular weight is 466 g/mol. The number of nitrogens with zero attached hydrogens (tertiary/aromatic N) is 4. The summed E-state index contributed by atoms with van der Waals surface area (Å²) in [5.41, 5.74) is 2.36. The number of hydrogen-bond donors (Lipinski definition) is 1. The summed E-state index contributed by atoms with van der Waals surface area (Å²) in [4.78, 5) is 35.9. The number of thiophene rings is 1. The predicted octanol–water partition coefficient (Wildman–Crippen LogP) is 4.02. The summed E-state index contributed by atoms with van der Waals surface area (Å²) in [6.45, 7) is 3.64. The van der Waals surface area contributed by atoms with Crippen molar-refractivity contribution in [1.82, 2.24) is 14.9 Å². The van der Waals surface area contributed by atoms with Gasteiger partial charge in [-0.25, -0.2) is 9.37 Å². The Hall–Kier alpha value is -3.63. The minimum absolute atomic E-state index is 0.0822. The normalized spacial score (nSPS) is 14.6. The topological polar surface area (TPSA) is 95.4 Å². The summed E-state index contributed by atoms with van der Waals surface area (Å²) in [6.07, 6.45) is 0. The molecule has 0 spiro atoms. The van der Waals surface area contributed by atoms with Crippen molar-refractivity contribution in [2.45, 2.75) is 6.54 Å². The molecule has 168 valence electrons. The van der Waals surface area contributed by atoms with E-state index in [2.05, 4.69) is 19.8 Å². The number of anilines is 1. The van der Waals surface area contributed by atoms with E-state index in [1.165, 1.54) is 35.6 Å². The Kier molecular flexibility index (Phi) is 5.61. The van der Waals surface area contributed by atoms with E-state index in [0.29, 0.717) is 22.6 Å². The van der Waals surface area contributed by atoms with Crippen LogP contribution >= 0.6 is 11.3 Å². The van der Waals surface area contributed by atoms with Crippen LogP contribution in [0.4, 0.5) is 15.8 Å². The number of nitro groups is 1. The lowest BCUT2D eigenvalue weighted by atomic mass is 10.2. The van der Waals surface area contributed by atoms with Crippen LogP contribution in [0.2, 0.25) is 0 Å². The molecule has 1 aliphatic heterocycles. The first-order valence-electron chi connectivity index (χ1n) is 10.5. The first-order valence-corrected chi connectivity index (χ1v) is 11.3. The van der Waals surface area contributed by atoms with Gasteiger partial charge >= 0.3 is 0 Å². The lowest BCUT2D eigenvalue weighted by Crippen LogP contribution is -2.46. The molecule has 0 amide bonds. The van der Waals surface area contributed by atoms with E-state index in [9.17, 15) is 19.3 Å². The van der Waals surface area contributed by atoms with Crippen LogP contribution in [-0.2, 0) is 6.54 Å². The van der Waals surface area contributed by atoms with E-state index in [4.69, 9.17) is 0 Å². The summed E-state index contributed by atoms with van der Waals surface area (Å²) < 4.78 is 13.8. The zero-order valence-electron chi connectivity index (χ0n) is 17.5. The number of H-pyrrole nitrogens is 1. The van der Waals surface area contributed by atoms with Gasteiger partial charge in [0.25, 0.3) is 11.2 Å². The van der Waals surface area contributed by atoms with Crippen molar-refractivity contribution >= 4 is 32.9 Å². The van der Waals surface area contributed by atoms with Crippen LogP contribution < -0.4 is 10.5 Å². The molecule has 0 atom stereocenters. The summed E-state index contributed by atoms with van der Waals surface area (Å²) in [5.74, 6) is 0.312. The average Bonchev–Trinajstić information content (AvgIpc) is 3.25. The third-order valence-electron chi connectivity index (χ3n) is 5.73. The van der Waals surface area contributed by atoms with Gasteiger partial charge in [-0.3, -0.25) is 19.8 Å². The molecular weight excluding hydrogens is 445 g/mol. The van der Waals surface area contributed by atoms with Gasteiger partial charge in [0.2, 0.25) is 0 Å². The molecule has 33 heavy (non-hydrogen) atoms. The largest absolute Gasteiger partial charge is 0.369 e. The summed E-state index contributed by atoms with van der Waals surface area (Å²) >= 11 is 1.35. The third kappa shape index (κ3) is 4.48. The highest BCUT2D eigenvalue weighted by molar-refractivity contribution is 7.22. The van der Waals surface area contributed by atoms with Crippen molar-refractivity contribution in [2.24, 2.45) is 0 Å². The molecule has 10 heteroatoms. The van der Waals surface area contributed by atoms with Crippen molar-refractivity contribution in [3.8, 4) is 10.4 Å². The molecule has 1 saturated heterocycles. The summed E-state index contributed by atoms with van der Waals surface area (Å²) in [6, 6.07) is 14.7. The molecule has 1 aliphatic rings. The number of halogens is 1. The maximum absolute atomic E-state index is 13.2. The molecule has 8 nitrogen and oxygen atoms in total. The number of aromatic amines is 1. The minimum atomic E-state index is -0.400. The van der Waals surface area contributed by atoms with Crippen molar-refractivity contribution in [3.05, 3.63) is 86.7 Å². The van der Waals surface area contributed by atoms with Gasteiger partial charge in [-0.1, -0.05) is 12.1 Å². The number of hydrogen-bond acceptors (Lipinski definition) is 7. The molecule has 0 aliphatic carbocycles. The van der Waals surface area contributed by atoms with E-state index < -0.39 is 4.92 Å². The zero-order valence-corrected chi connectivity index (χ0v) is 18.3. The van der Waals surface area contributed by atoms with E-state index in [1.807, 2.05) is 6.07 Å². The lowest BCUT2D eigenvalue weighted by Gasteiger charge is -2.35. The third-order valence-corrected chi connectivity index (χ3v) is 6.90. The fourth-order valence-corrected chi connectivity index (χ4v) is 4.98. The molecule has 0 saturated carbocycles. The maximum Gasteiger partial charge on any atom is 0.269 e. The van der Waals surface area contributed by atoms with Gasteiger partial charge in [-0.15, -0.1) is 11.3 Å². The van der Waals surface area contributed by atoms with Crippen molar-refractivity contribution in [3.63, 3.8) is 0 Å². The summed E-state index contributed by atoms with van der Waals surface area (Å²) in [5, 5.41) is 10.8. The van der Waals surface area contributed by atoms with Gasteiger partial charge < -0.3 is 9.88 Å². The maximum atomic E-state index is 13.2. The smallest absolute Gasteiger partial charge is 0.269 e. The van der Waals surface area contributed by atoms with Crippen LogP contribution in [0.3, 0.4) is 0 Å². The highest BCUT2D eigenvalue weighted by atomic mass is 32.1. The molecule has 1 fully saturated rings. The van der Waals surface area contributed by atoms with Crippen LogP contribution in [0.15, 0.2) is 59.4 Å². The molecule has 0 bridgehead atoms. The van der Waals surface area contributed by atoms with E-state index in [1.54, 1.807) is 24.3 Å². The Morgan fingerprint density at radius 1 is 1.06 bits per heavy atom. The highest BCUT2D eigenvalue weighted by Crippen LogP contribution is 2.31. The molecule has 5 rings (SSSR count). The first kappa shape index (κ1) is 21.2. The predicted molar refractivity (Wildman–Crippen MR) is 126 cm³/mol. The van der Waals surface area contributed by atoms with Gasteiger partial charge in [-0.05, 0) is 35.9 Å². The van der Waals surface area contributed by atoms with Crippen molar-refractivity contribution in [1.29, 1.82) is 0 Å². The van der Waals surface area contributed by atoms with Gasteiger partial charge in [0.05, 0.1) is 17.0 Å². The second kappa shape index (κ2) is 8.72. The Morgan fingerprint density at radius 2 is 1.76 bits per heavy atom. The van der Waals surface area contributed by atoms with E-state index in [-0.39, 0.29) is 17.1 Å². The molecule has 4 aromatic rings. The number of rotatable bonds is 5. The molecule has 1 N–H and O–H groups in total. The Morgan fingerprint density at radius 3 is 2.42 bits per heavy atom. The van der Waals surface area contributed by atoms with Gasteiger partial charge in [-0.2, -0.15) is 0 Å². The van der Waals surface area contributed by atoms with Gasteiger partial charge in [0.1, 0.15) is 16.3 Å². The Bertz CT molecular complexity index is 1360. The number of aromatic nitrogens is 2. The Labute approximate surface area is 192 Å². The monoisotopic (exact) mass is 465 g/mol. The van der Waals surface area contributed by atoms with E-state index >= 15 is 0 Å². The first-order chi connectivity index (χ1) is 16.0. The van der Waals surface area contributed by atoms with Crippen LogP contribution in [0, 0.1) is 15.9 Å². The van der Waals surface area contributed by atoms with Crippen molar-refractivity contribution < 1.29 is 9.31 Å². The van der Waals surface area contributed by atoms with Gasteiger partial charge in [0, 0.05) is 48.9 Å². The second-order valence-corrected chi connectivity index (χ2v) is 8.93. The number of non-ortho nitro benzene ring substituents is 1. The number of fused-ring (bicyclic) bond motifs is 1. The lowest BCUT2D eigenvalue weighted by molar-refractivity contribution is -0.384. The quantitative estimate of drug-likeness (QED) is 0.353. The molecule has 0 radical (unpaired) electrons. The fraction of sp³-hybridized carbons (Fsp3) is 0.217. The second-order valence-electron chi connectivity index (χ2n) is 7.88. The fourth-order valence-electron chi connectivity index (χ4n) is 3.98. The molecular formula is C23H20FN5O3S. The van der Waals surface area contributed by atoms with Crippen LogP contribution in [0.5, 0.6) is 0 Å². The summed E-state index contributed by atoms with van der Waals surface area (Å²) in [7, 11) is 0. The number of piperazine rings is 1. The zero-order chi connectivity index (χ0) is 22.9. The van der Waals surface area contributed by atoms with Crippen LogP contribution in [0.1, 0.15) is 5.82 Å². The standard InChI is InChI=1S/C23H20FN5O3S/c24-16-3-1-15(2-4-16)20-13-19-22(33-20)23(30)26-21(25-19)14-27-9-11-28(12-10-27)17-5-7-18(8-6-17)29(31)32/h1-8,13H,9-12,14H2,(H,25,26,30). The number of benzene rings is 2. The SMILES string of the molecule is O=c1[nH]c(CN2CCN(c3ccc([N+](=O)[O-])cc3)CC2)nc2cc(-c3ccc(F)cc3)sc12. The highest BCUT2D eigenvalue weighted by Gasteiger charge is 2.19.